The van der Waals surface area contributed by atoms with Gasteiger partial charge in [-0.1, -0.05) is 20.8 Å². The summed E-state index contributed by atoms with van der Waals surface area (Å²) in [5.74, 6) is 0.817. The topological polar surface area (TPSA) is 42.0 Å². The van der Waals surface area contributed by atoms with Crippen LogP contribution in [-0.2, 0) is 11.3 Å². The number of amides is 1. The Bertz CT molecular complexity index is 402. The Hall–Kier alpha value is -0.900. The van der Waals surface area contributed by atoms with Crippen LogP contribution in [0.2, 0.25) is 0 Å². The molecule has 3 nitrogen and oxygen atoms in total. The van der Waals surface area contributed by atoms with Gasteiger partial charge in [0.05, 0.1) is 17.2 Å². The first-order valence-corrected chi connectivity index (χ1v) is 7.03. The maximum atomic E-state index is 11.6. The van der Waals surface area contributed by atoms with Crippen molar-refractivity contribution < 1.29 is 4.79 Å². The molecule has 2 rings (SSSR count). The summed E-state index contributed by atoms with van der Waals surface area (Å²) < 4.78 is 0. The molecule has 1 N–H and O–H groups in total. The van der Waals surface area contributed by atoms with Crippen LogP contribution in [0.1, 0.15) is 56.7 Å². The lowest BCUT2D eigenvalue weighted by Gasteiger charge is -2.16. The molecular weight excluding hydrogens is 232 g/mol. The van der Waals surface area contributed by atoms with Crippen molar-refractivity contribution in [1.29, 1.82) is 0 Å². The van der Waals surface area contributed by atoms with E-state index in [1.165, 1.54) is 17.8 Å². The van der Waals surface area contributed by atoms with Crippen molar-refractivity contribution in [2.24, 2.45) is 5.41 Å². The minimum Gasteiger partial charge on any atom is -0.350 e. The molecule has 0 aromatic carbocycles. The molecule has 1 heterocycles. The molecule has 0 unspecified atom stereocenters. The van der Waals surface area contributed by atoms with Crippen molar-refractivity contribution >= 4 is 17.2 Å². The largest absolute Gasteiger partial charge is 0.350 e. The Morgan fingerprint density at radius 3 is 2.82 bits per heavy atom. The fourth-order valence-corrected chi connectivity index (χ4v) is 2.65. The lowest BCUT2D eigenvalue weighted by molar-refractivity contribution is -0.122. The van der Waals surface area contributed by atoms with Gasteiger partial charge in [0.25, 0.3) is 0 Å². The molecule has 0 atom stereocenters. The number of hydrogen-bond acceptors (Lipinski definition) is 3. The molecule has 1 aliphatic carbocycles. The molecule has 1 aromatic heterocycles. The number of aromatic nitrogens is 1. The van der Waals surface area contributed by atoms with Crippen molar-refractivity contribution in [3.05, 3.63) is 16.1 Å². The van der Waals surface area contributed by atoms with Gasteiger partial charge in [0.15, 0.2) is 0 Å². The summed E-state index contributed by atoms with van der Waals surface area (Å²) in [4.78, 5) is 16.2. The standard InChI is InChI=1S/C13H20N2OS/c1-13(2,3)6-11(16)14-7-10-8-17-12(15-10)9-4-5-9/h8-9H,4-7H2,1-3H3,(H,14,16). The van der Waals surface area contributed by atoms with Crippen LogP contribution in [0.5, 0.6) is 0 Å². The van der Waals surface area contributed by atoms with E-state index >= 15 is 0 Å². The van der Waals surface area contributed by atoms with E-state index in [0.717, 1.165) is 5.69 Å². The molecule has 0 saturated heterocycles. The molecular formula is C13H20N2OS. The van der Waals surface area contributed by atoms with Crippen LogP contribution in [0.15, 0.2) is 5.38 Å². The highest BCUT2D eigenvalue weighted by atomic mass is 32.1. The summed E-state index contributed by atoms with van der Waals surface area (Å²) in [6.45, 7) is 6.78. The molecule has 94 valence electrons. The SMILES string of the molecule is CC(C)(C)CC(=O)NCc1csc(C2CC2)n1. The highest BCUT2D eigenvalue weighted by Gasteiger charge is 2.26. The molecule has 1 aliphatic rings. The van der Waals surface area contributed by atoms with Gasteiger partial charge >= 0.3 is 0 Å². The quantitative estimate of drug-likeness (QED) is 0.894. The average Bonchev–Trinajstić information content (AvgIpc) is 2.93. The van der Waals surface area contributed by atoms with E-state index in [2.05, 4.69) is 36.5 Å². The first-order valence-electron chi connectivity index (χ1n) is 6.15. The normalized spacial score (nSPS) is 15.9. The van der Waals surface area contributed by atoms with E-state index in [4.69, 9.17) is 0 Å². The molecule has 4 heteroatoms. The van der Waals surface area contributed by atoms with E-state index in [0.29, 0.717) is 18.9 Å². The molecule has 0 bridgehead atoms. The van der Waals surface area contributed by atoms with E-state index in [9.17, 15) is 4.79 Å². The van der Waals surface area contributed by atoms with Gasteiger partial charge in [0.2, 0.25) is 5.91 Å². The number of carbonyl (C=O) groups excluding carboxylic acids is 1. The van der Waals surface area contributed by atoms with Gasteiger partial charge in [0.1, 0.15) is 0 Å². The zero-order valence-electron chi connectivity index (χ0n) is 10.7. The zero-order valence-corrected chi connectivity index (χ0v) is 11.6. The second kappa shape index (κ2) is 4.77. The van der Waals surface area contributed by atoms with Crippen molar-refractivity contribution in [2.45, 2.75) is 52.5 Å². The number of hydrogen-bond donors (Lipinski definition) is 1. The monoisotopic (exact) mass is 252 g/mol. The molecule has 0 aliphatic heterocycles. The third-order valence-electron chi connectivity index (χ3n) is 2.65. The lowest BCUT2D eigenvalue weighted by atomic mass is 9.92. The van der Waals surface area contributed by atoms with Crippen LogP contribution in [0.25, 0.3) is 0 Å². The van der Waals surface area contributed by atoms with Gasteiger partial charge < -0.3 is 5.32 Å². The minimum absolute atomic E-state index is 0.0470. The summed E-state index contributed by atoms with van der Waals surface area (Å²) in [5, 5.41) is 6.23. The summed E-state index contributed by atoms with van der Waals surface area (Å²) in [7, 11) is 0. The first-order chi connectivity index (χ1) is 7.94. The van der Waals surface area contributed by atoms with Crippen molar-refractivity contribution in [2.75, 3.05) is 0 Å². The van der Waals surface area contributed by atoms with E-state index in [1.807, 2.05) is 0 Å². The van der Waals surface area contributed by atoms with Crippen LogP contribution in [0, 0.1) is 5.41 Å². The fourth-order valence-electron chi connectivity index (χ4n) is 1.65. The molecule has 1 saturated carbocycles. The Kier molecular flexibility index (Phi) is 3.52. The van der Waals surface area contributed by atoms with E-state index < -0.39 is 0 Å². The number of thiazole rings is 1. The Labute approximate surface area is 107 Å². The van der Waals surface area contributed by atoms with E-state index in [-0.39, 0.29) is 11.3 Å². The Morgan fingerprint density at radius 1 is 1.53 bits per heavy atom. The van der Waals surface area contributed by atoms with E-state index in [1.54, 1.807) is 11.3 Å². The van der Waals surface area contributed by atoms with Crippen LogP contribution < -0.4 is 5.32 Å². The molecule has 0 spiro atoms. The Morgan fingerprint density at radius 2 is 2.24 bits per heavy atom. The predicted molar refractivity (Wildman–Crippen MR) is 70.0 cm³/mol. The highest BCUT2D eigenvalue weighted by Crippen LogP contribution is 2.41. The number of rotatable bonds is 4. The third-order valence-corrected chi connectivity index (χ3v) is 3.71. The maximum absolute atomic E-state index is 11.6. The van der Waals surface area contributed by atoms with Crippen LogP contribution in [-0.4, -0.2) is 10.9 Å². The van der Waals surface area contributed by atoms with Gasteiger partial charge in [-0.05, 0) is 18.3 Å². The minimum atomic E-state index is 0.0470. The molecule has 0 radical (unpaired) electrons. The lowest BCUT2D eigenvalue weighted by Crippen LogP contribution is -2.27. The van der Waals surface area contributed by atoms with Crippen LogP contribution in [0.4, 0.5) is 0 Å². The number of nitrogens with zero attached hydrogens (tertiary/aromatic N) is 1. The summed E-state index contributed by atoms with van der Waals surface area (Å²) >= 11 is 1.72. The molecule has 1 fully saturated rings. The second-order valence-electron chi connectivity index (χ2n) is 5.97. The van der Waals surface area contributed by atoms with Crippen LogP contribution in [0.3, 0.4) is 0 Å². The third kappa shape index (κ3) is 4.11. The zero-order chi connectivity index (χ0) is 12.5. The highest BCUT2D eigenvalue weighted by molar-refractivity contribution is 7.09. The van der Waals surface area contributed by atoms with Crippen molar-refractivity contribution in [3.8, 4) is 0 Å². The van der Waals surface area contributed by atoms with Gasteiger partial charge in [-0.3, -0.25) is 4.79 Å². The smallest absolute Gasteiger partial charge is 0.220 e. The van der Waals surface area contributed by atoms with Gasteiger partial charge in [-0.2, -0.15) is 0 Å². The predicted octanol–water partition coefficient (Wildman–Crippen LogP) is 3.07. The number of carbonyl (C=O) groups is 1. The van der Waals surface area contributed by atoms with Gasteiger partial charge in [0, 0.05) is 17.7 Å². The molecule has 1 amide bonds. The second-order valence-corrected chi connectivity index (χ2v) is 6.86. The fraction of sp³-hybridized carbons (Fsp3) is 0.692. The summed E-state index contributed by atoms with van der Waals surface area (Å²) in [5.41, 5.74) is 1.05. The van der Waals surface area contributed by atoms with Gasteiger partial charge in [-0.25, -0.2) is 4.98 Å². The van der Waals surface area contributed by atoms with Crippen molar-refractivity contribution in [3.63, 3.8) is 0 Å². The first kappa shape index (κ1) is 12.6. The molecule has 17 heavy (non-hydrogen) atoms. The van der Waals surface area contributed by atoms with Crippen LogP contribution >= 0.6 is 11.3 Å². The van der Waals surface area contributed by atoms with Gasteiger partial charge in [-0.15, -0.1) is 11.3 Å². The van der Waals surface area contributed by atoms with Crippen molar-refractivity contribution in [1.82, 2.24) is 10.3 Å². The Balaban J connectivity index is 1.78. The summed E-state index contributed by atoms with van der Waals surface area (Å²) in [6.07, 6.45) is 3.12. The molecule has 1 aromatic rings. The summed E-state index contributed by atoms with van der Waals surface area (Å²) in [6, 6.07) is 0. The number of nitrogens with one attached hydrogen (secondary N) is 1. The maximum Gasteiger partial charge on any atom is 0.220 e. The average molecular weight is 252 g/mol.